The van der Waals surface area contributed by atoms with Crippen LogP contribution in [0.3, 0.4) is 0 Å². The molecule has 0 spiro atoms. The average Bonchev–Trinajstić information content (AvgIpc) is 2.28. The molecule has 17 heavy (non-hydrogen) atoms. The first-order valence-electron chi connectivity index (χ1n) is 6.75. The summed E-state index contributed by atoms with van der Waals surface area (Å²) in [6, 6.07) is 0.590. The smallest absolute Gasteiger partial charge is 0.233 e. The minimum absolute atomic E-state index is 0.107. The fourth-order valence-electron chi connectivity index (χ4n) is 1.38. The summed E-state index contributed by atoms with van der Waals surface area (Å²) in [4.78, 5) is 13.6. The van der Waals surface area contributed by atoms with Crippen LogP contribution in [0.15, 0.2) is 0 Å². The van der Waals surface area contributed by atoms with Crippen molar-refractivity contribution in [3.63, 3.8) is 0 Å². The van der Waals surface area contributed by atoms with E-state index >= 15 is 0 Å². The molecule has 1 amide bonds. The molecule has 0 bridgehead atoms. The van der Waals surface area contributed by atoms with Crippen LogP contribution in [0, 0.1) is 0 Å². The molecule has 4 nitrogen and oxygen atoms in total. The van der Waals surface area contributed by atoms with Gasteiger partial charge in [-0.25, -0.2) is 0 Å². The molecule has 0 rings (SSSR count). The molecule has 4 heteroatoms. The molecule has 0 aromatic heterocycles. The van der Waals surface area contributed by atoms with Crippen molar-refractivity contribution in [3.05, 3.63) is 0 Å². The summed E-state index contributed by atoms with van der Waals surface area (Å²) in [6.45, 7) is 9.71. The Morgan fingerprint density at radius 1 is 1.24 bits per heavy atom. The highest BCUT2D eigenvalue weighted by molar-refractivity contribution is 5.77. The van der Waals surface area contributed by atoms with Crippen molar-refractivity contribution in [2.24, 2.45) is 0 Å². The van der Waals surface area contributed by atoms with Gasteiger partial charge in [-0.15, -0.1) is 0 Å². The fourth-order valence-corrected chi connectivity index (χ4v) is 1.38. The second-order valence-electron chi connectivity index (χ2n) is 4.81. The molecule has 102 valence electrons. The van der Waals surface area contributed by atoms with Crippen LogP contribution in [0.4, 0.5) is 0 Å². The summed E-state index contributed by atoms with van der Waals surface area (Å²) in [5.41, 5.74) is 0. The van der Waals surface area contributed by atoms with Crippen LogP contribution in [0.25, 0.3) is 0 Å². The summed E-state index contributed by atoms with van der Waals surface area (Å²) >= 11 is 0. The van der Waals surface area contributed by atoms with Crippen LogP contribution in [-0.4, -0.2) is 50.1 Å². The van der Waals surface area contributed by atoms with Gasteiger partial charge in [-0.3, -0.25) is 4.79 Å². The van der Waals surface area contributed by atoms with Gasteiger partial charge >= 0.3 is 0 Å². The minimum Gasteiger partial charge on any atom is -0.355 e. The molecular weight excluding hydrogens is 214 g/mol. The molecule has 0 aromatic rings. The van der Waals surface area contributed by atoms with E-state index in [-0.39, 0.29) is 5.91 Å². The summed E-state index contributed by atoms with van der Waals surface area (Å²) < 4.78 is 0. The van der Waals surface area contributed by atoms with Gasteiger partial charge in [0.15, 0.2) is 0 Å². The van der Waals surface area contributed by atoms with Crippen LogP contribution >= 0.6 is 0 Å². The van der Waals surface area contributed by atoms with Gasteiger partial charge in [-0.2, -0.15) is 0 Å². The lowest BCUT2D eigenvalue weighted by Crippen LogP contribution is -2.36. The Balaban J connectivity index is 3.30. The van der Waals surface area contributed by atoms with E-state index in [0.29, 0.717) is 12.6 Å². The highest BCUT2D eigenvalue weighted by atomic mass is 16.1. The van der Waals surface area contributed by atoms with Gasteiger partial charge in [0.05, 0.1) is 6.54 Å². The molecule has 0 atom stereocenters. The average molecular weight is 243 g/mol. The molecule has 0 aliphatic carbocycles. The molecule has 0 radical (unpaired) electrons. The van der Waals surface area contributed by atoms with Crippen molar-refractivity contribution >= 4 is 5.91 Å². The lowest BCUT2D eigenvalue weighted by molar-refractivity contribution is -0.120. The molecule has 0 aliphatic rings. The third kappa shape index (κ3) is 10.3. The van der Waals surface area contributed by atoms with E-state index in [0.717, 1.165) is 38.9 Å². The second-order valence-corrected chi connectivity index (χ2v) is 4.81. The zero-order valence-corrected chi connectivity index (χ0v) is 11.9. The van der Waals surface area contributed by atoms with Crippen molar-refractivity contribution in [2.45, 2.75) is 46.1 Å². The van der Waals surface area contributed by atoms with Gasteiger partial charge in [0.1, 0.15) is 0 Å². The van der Waals surface area contributed by atoms with Gasteiger partial charge in [0.25, 0.3) is 0 Å². The number of carbonyl (C=O) groups is 1. The fraction of sp³-hybridized carbons (Fsp3) is 0.923. The topological polar surface area (TPSA) is 44.4 Å². The first-order valence-corrected chi connectivity index (χ1v) is 6.75. The van der Waals surface area contributed by atoms with E-state index in [9.17, 15) is 4.79 Å². The van der Waals surface area contributed by atoms with E-state index < -0.39 is 0 Å². The molecule has 2 N–H and O–H groups in total. The summed E-state index contributed by atoms with van der Waals surface area (Å²) in [6.07, 6.45) is 3.26. The quantitative estimate of drug-likeness (QED) is 0.567. The van der Waals surface area contributed by atoms with Crippen molar-refractivity contribution in [2.75, 3.05) is 33.2 Å². The predicted octanol–water partition coefficient (Wildman–Crippen LogP) is 1.22. The molecule has 0 aliphatic heterocycles. The van der Waals surface area contributed by atoms with Gasteiger partial charge in [0, 0.05) is 12.6 Å². The predicted molar refractivity (Wildman–Crippen MR) is 73.2 cm³/mol. The van der Waals surface area contributed by atoms with Crippen LogP contribution in [0.2, 0.25) is 0 Å². The number of unbranched alkanes of at least 4 members (excludes halogenated alkanes) is 1. The maximum atomic E-state index is 11.3. The summed E-state index contributed by atoms with van der Waals surface area (Å²) in [5, 5.41) is 6.06. The maximum absolute atomic E-state index is 11.3. The Morgan fingerprint density at radius 2 is 1.94 bits per heavy atom. The lowest BCUT2D eigenvalue weighted by Gasteiger charge is -2.20. The third-order valence-corrected chi connectivity index (χ3v) is 2.88. The normalized spacial score (nSPS) is 11.2. The standard InChI is InChI=1S/C13H29N3O/c1-5-6-9-15-13(17)11-14-8-7-10-16(4)12(2)3/h12,14H,5-11H2,1-4H3,(H,15,17). The van der Waals surface area contributed by atoms with Gasteiger partial charge in [-0.05, 0) is 46.8 Å². The van der Waals surface area contributed by atoms with E-state index in [1.165, 1.54) is 0 Å². The molecule has 0 heterocycles. The van der Waals surface area contributed by atoms with Crippen LogP contribution in [0.1, 0.15) is 40.0 Å². The van der Waals surface area contributed by atoms with E-state index in [2.05, 4.69) is 43.4 Å². The number of nitrogens with zero attached hydrogens (tertiary/aromatic N) is 1. The molecule has 0 fully saturated rings. The maximum Gasteiger partial charge on any atom is 0.233 e. The van der Waals surface area contributed by atoms with Crippen LogP contribution < -0.4 is 10.6 Å². The van der Waals surface area contributed by atoms with E-state index in [1.807, 2.05) is 0 Å². The highest BCUT2D eigenvalue weighted by Crippen LogP contribution is 1.93. The minimum atomic E-state index is 0.107. The number of nitrogens with one attached hydrogen (secondary N) is 2. The highest BCUT2D eigenvalue weighted by Gasteiger charge is 2.02. The number of hydrogen-bond acceptors (Lipinski definition) is 3. The molecule has 0 saturated heterocycles. The lowest BCUT2D eigenvalue weighted by atomic mass is 10.3. The Labute approximate surface area is 106 Å². The number of amides is 1. The third-order valence-electron chi connectivity index (χ3n) is 2.88. The number of hydrogen-bond donors (Lipinski definition) is 2. The molecular formula is C13H29N3O. The zero-order valence-electron chi connectivity index (χ0n) is 11.9. The van der Waals surface area contributed by atoms with Gasteiger partial charge in [0.2, 0.25) is 5.91 Å². The van der Waals surface area contributed by atoms with Crippen molar-refractivity contribution in [3.8, 4) is 0 Å². The second kappa shape index (κ2) is 10.5. The van der Waals surface area contributed by atoms with Crippen LogP contribution in [-0.2, 0) is 4.79 Å². The van der Waals surface area contributed by atoms with Gasteiger partial charge in [-0.1, -0.05) is 13.3 Å². The Morgan fingerprint density at radius 3 is 2.53 bits per heavy atom. The number of rotatable bonds is 10. The monoisotopic (exact) mass is 243 g/mol. The molecule has 0 aromatic carbocycles. The number of carbonyl (C=O) groups excluding carboxylic acids is 1. The first-order chi connectivity index (χ1) is 8.07. The SMILES string of the molecule is CCCCNC(=O)CNCCCN(C)C(C)C. The Bertz CT molecular complexity index is 195. The van der Waals surface area contributed by atoms with E-state index in [1.54, 1.807) is 0 Å². The first kappa shape index (κ1) is 16.4. The Hall–Kier alpha value is -0.610. The molecule has 0 unspecified atom stereocenters. The van der Waals surface area contributed by atoms with Gasteiger partial charge < -0.3 is 15.5 Å². The van der Waals surface area contributed by atoms with Crippen LogP contribution in [0.5, 0.6) is 0 Å². The largest absolute Gasteiger partial charge is 0.355 e. The van der Waals surface area contributed by atoms with Crippen molar-refractivity contribution in [1.29, 1.82) is 0 Å². The van der Waals surface area contributed by atoms with Crippen molar-refractivity contribution in [1.82, 2.24) is 15.5 Å². The Kier molecular flexibility index (Phi) is 10.2. The molecule has 0 saturated carbocycles. The zero-order chi connectivity index (χ0) is 13.1. The summed E-state index contributed by atoms with van der Waals surface area (Å²) in [5.74, 6) is 0.107. The summed E-state index contributed by atoms with van der Waals surface area (Å²) in [7, 11) is 2.13. The van der Waals surface area contributed by atoms with E-state index in [4.69, 9.17) is 0 Å². The van der Waals surface area contributed by atoms with Crippen molar-refractivity contribution < 1.29 is 4.79 Å².